The number of esters is 1. The minimum Gasteiger partial charge on any atom is -0.468 e. The highest BCUT2D eigenvalue weighted by atomic mass is 32.2. The molecule has 7 heteroatoms. The first-order chi connectivity index (χ1) is 8.83. The lowest BCUT2D eigenvalue weighted by Gasteiger charge is -2.27. The highest BCUT2D eigenvalue weighted by molar-refractivity contribution is 8.00. The van der Waals surface area contributed by atoms with Gasteiger partial charge in [-0.15, -0.1) is 11.8 Å². The third-order valence-corrected chi connectivity index (χ3v) is 4.51. The number of ether oxygens (including phenoxy) is 1. The van der Waals surface area contributed by atoms with Crippen molar-refractivity contribution < 1.29 is 27.5 Å². The van der Waals surface area contributed by atoms with Gasteiger partial charge >= 0.3 is 12.1 Å². The summed E-state index contributed by atoms with van der Waals surface area (Å²) in [6.07, 6.45) is -3.22. The van der Waals surface area contributed by atoms with E-state index in [1.54, 1.807) is 0 Å². The number of hydrogen-bond acceptors (Lipinski definition) is 4. The number of methoxy groups -OCH3 is 1. The van der Waals surface area contributed by atoms with E-state index in [0.717, 1.165) is 11.8 Å². The Kier molecular flexibility index (Phi) is 6.16. The molecule has 1 aliphatic rings. The molecule has 0 bridgehead atoms. The van der Waals surface area contributed by atoms with Gasteiger partial charge in [0.1, 0.15) is 11.0 Å². The van der Waals surface area contributed by atoms with Crippen LogP contribution in [-0.2, 0) is 14.3 Å². The monoisotopic (exact) mass is 298 g/mol. The van der Waals surface area contributed by atoms with Gasteiger partial charge in [0.15, 0.2) is 0 Å². The summed E-state index contributed by atoms with van der Waals surface area (Å²) in [7, 11) is 1.23. The minimum absolute atomic E-state index is 0.0663. The smallest absolute Gasteiger partial charge is 0.389 e. The van der Waals surface area contributed by atoms with Gasteiger partial charge in [-0.1, -0.05) is 0 Å². The molecular weight excluding hydrogens is 281 g/mol. The molecule has 0 radical (unpaired) electrons. The average molecular weight is 298 g/mol. The van der Waals surface area contributed by atoms with Gasteiger partial charge in [-0.2, -0.15) is 13.2 Å². The second-order valence-electron chi connectivity index (χ2n) is 4.56. The number of ketones is 1. The van der Waals surface area contributed by atoms with Crippen LogP contribution < -0.4 is 0 Å². The predicted molar refractivity (Wildman–Crippen MR) is 65.9 cm³/mol. The first-order valence-corrected chi connectivity index (χ1v) is 7.16. The lowest BCUT2D eigenvalue weighted by atomic mass is 9.86. The number of Topliss-reactive ketones (excluding diaryl/α,β-unsaturated/α-hetero) is 1. The summed E-state index contributed by atoms with van der Waals surface area (Å²) in [4.78, 5) is 22.8. The van der Waals surface area contributed by atoms with Gasteiger partial charge in [0.2, 0.25) is 0 Å². The lowest BCUT2D eigenvalue weighted by Crippen LogP contribution is -2.32. The lowest BCUT2D eigenvalue weighted by molar-refractivity contribution is -0.142. The largest absolute Gasteiger partial charge is 0.468 e. The first-order valence-electron chi connectivity index (χ1n) is 6.11. The summed E-state index contributed by atoms with van der Waals surface area (Å²) in [6.45, 7) is 0. The Labute approximate surface area is 114 Å². The van der Waals surface area contributed by atoms with Crippen molar-refractivity contribution in [1.29, 1.82) is 0 Å². The van der Waals surface area contributed by atoms with Crippen LogP contribution in [-0.4, -0.2) is 36.0 Å². The van der Waals surface area contributed by atoms with Gasteiger partial charge in [0, 0.05) is 18.6 Å². The zero-order valence-electron chi connectivity index (χ0n) is 10.7. The van der Waals surface area contributed by atoms with Crippen molar-refractivity contribution in [2.45, 2.75) is 43.5 Å². The topological polar surface area (TPSA) is 43.4 Å². The fraction of sp³-hybridized carbons (Fsp3) is 0.833. The quantitative estimate of drug-likeness (QED) is 0.732. The Morgan fingerprint density at radius 1 is 1.42 bits per heavy atom. The van der Waals surface area contributed by atoms with Crippen molar-refractivity contribution in [2.75, 3.05) is 12.9 Å². The van der Waals surface area contributed by atoms with Gasteiger partial charge in [0.05, 0.1) is 13.5 Å². The number of alkyl halides is 3. The second-order valence-corrected chi connectivity index (χ2v) is 5.81. The zero-order chi connectivity index (χ0) is 14.5. The van der Waals surface area contributed by atoms with Crippen LogP contribution in [0.15, 0.2) is 0 Å². The first kappa shape index (κ1) is 16.3. The van der Waals surface area contributed by atoms with E-state index in [2.05, 4.69) is 4.74 Å². The Balaban J connectivity index is 2.52. The number of thioether (sulfide) groups is 1. The predicted octanol–water partition coefficient (Wildman–Crippen LogP) is 2.97. The van der Waals surface area contributed by atoms with Gasteiger partial charge in [-0.3, -0.25) is 9.59 Å². The highest BCUT2D eigenvalue weighted by Crippen LogP contribution is 2.34. The van der Waals surface area contributed by atoms with Crippen molar-refractivity contribution in [3.8, 4) is 0 Å². The number of hydrogen-bond donors (Lipinski definition) is 0. The van der Waals surface area contributed by atoms with E-state index >= 15 is 0 Å². The van der Waals surface area contributed by atoms with E-state index < -0.39 is 23.8 Å². The molecule has 0 N–H and O–H groups in total. The Hall–Kier alpha value is -0.720. The molecule has 3 nitrogen and oxygen atoms in total. The standard InChI is InChI=1S/C12H17F3O3S/c1-18-11(17)10(19-7-6-12(13,14)15)8-2-4-9(16)5-3-8/h8,10H,2-7H2,1H3. The van der Waals surface area contributed by atoms with Crippen LogP contribution in [0.5, 0.6) is 0 Å². The van der Waals surface area contributed by atoms with E-state index in [1.165, 1.54) is 7.11 Å². The summed E-state index contributed by atoms with van der Waals surface area (Å²) in [5.41, 5.74) is 0. The van der Waals surface area contributed by atoms with E-state index in [1.807, 2.05) is 0 Å². The molecule has 1 saturated carbocycles. The molecule has 0 aromatic heterocycles. The molecule has 110 valence electrons. The van der Waals surface area contributed by atoms with Gasteiger partial charge in [0.25, 0.3) is 0 Å². The Morgan fingerprint density at radius 2 is 2.00 bits per heavy atom. The van der Waals surface area contributed by atoms with Gasteiger partial charge in [-0.25, -0.2) is 0 Å². The molecule has 0 spiro atoms. The Morgan fingerprint density at radius 3 is 2.47 bits per heavy atom. The van der Waals surface area contributed by atoms with E-state index in [4.69, 9.17) is 0 Å². The van der Waals surface area contributed by atoms with Crippen LogP contribution in [0, 0.1) is 5.92 Å². The van der Waals surface area contributed by atoms with Crippen LogP contribution in [0.4, 0.5) is 13.2 Å². The SMILES string of the molecule is COC(=O)C(SCCC(F)(F)F)C1CCC(=O)CC1. The maximum atomic E-state index is 12.1. The number of rotatable bonds is 5. The molecule has 1 atom stereocenters. The van der Waals surface area contributed by atoms with Crippen molar-refractivity contribution in [1.82, 2.24) is 0 Å². The van der Waals surface area contributed by atoms with Crippen molar-refractivity contribution in [3.63, 3.8) is 0 Å². The maximum Gasteiger partial charge on any atom is 0.389 e. The van der Waals surface area contributed by atoms with Crippen LogP contribution >= 0.6 is 11.8 Å². The maximum absolute atomic E-state index is 12.1. The minimum atomic E-state index is -4.21. The Bertz CT molecular complexity index is 321. The third-order valence-electron chi connectivity index (χ3n) is 3.13. The van der Waals surface area contributed by atoms with E-state index in [0.29, 0.717) is 25.7 Å². The molecule has 0 amide bonds. The van der Waals surface area contributed by atoms with Gasteiger partial charge in [-0.05, 0) is 18.8 Å². The van der Waals surface area contributed by atoms with Crippen LogP contribution in [0.25, 0.3) is 0 Å². The third kappa shape index (κ3) is 5.84. The molecule has 1 fully saturated rings. The molecule has 1 aliphatic carbocycles. The zero-order valence-corrected chi connectivity index (χ0v) is 11.5. The fourth-order valence-electron chi connectivity index (χ4n) is 2.08. The molecule has 0 saturated heterocycles. The van der Waals surface area contributed by atoms with E-state index in [-0.39, 0.29) is 17.5 Å². The van der Waals surface area contributed by atoms with Gasteiger partial charge < -0.3 is 4.74 Å². The molecule has 1 unspecified atom stereocenters. The number of halogens is 3. The average Bonchev–Trinajstić information content (AvgIpc) is 2.34. The molecule has 0 aliphatic heterocycles. The number of carbonyl (C=O) groups excluding carboxylic acids is 2. The molecule has 19 heavy (non-hydrogen) atoms. The normalized spacial score (nSPS) is 19.3. The van der Waals surface area contributed by atoms with Crippen molar-refractivity contribution >= 4 is 23.5 Å². The molecule has 0 aromatic rings. The summed E-state index contributed by atoms with van der Waals surface area (Å²) in [5, 5.41) is -0.597. The van der Waals surface area contributed by atoms with Crippen LogP contribution in [0.3, 0.4) is 0 Å². The molecular formula is C12H17F3O3S. The summed E-state index contributed by atoms with van der Waals surface area (Å²) in [6, 6.07) is 0. The second kappa shape index (κ2) is 7.17. The van der Waals surface area contributed by atoms with Crippen molar-refractivity contribution in [2.24, 2.45) is 5.92 Å². The van der Waals surface area contributed by atoms with Crippen LogP contribution in [0.1, 0.15) is 32.1 Å². The fourth-order valence-corrected chi connectivity index (χ4v) is 3.46. The summed E-state index contributed by atoms with van der Waals surface area (Å²) >= 11 is 0.983. The van der Waals surface area contributed by atoms with Crippen LogP contribution in [0.2, 0.25) is 0 Å². The highest BCUT2D eigenvalue weighted by Gasteiger charge is 2.34. The summed E-state index contributed by atoms with van der Waals surface area (Å²) in [5.74, 6) is -0.566. The number of carbonyl (C=O) groups is 2. The molecule has 0 aromatic carbocycles. The molecule has 0 heterocycles. The van der Waals surface area contributed by atoms with Crippen molar-refractivity contribution in [3.05, 3.63) is 0 Å². The summed E-state index contributed by atoms with van der Waals surface area (Å²) < 4.78 is 41.0. The molecule has 1 rings (SSSR count). The van der Waals surface area contributed by atoms with E-state index in [9.17, 15) is 22.8 Å².